The van der Waals surface area contributed by atoms with E-state index in [2.05, 4.69) is 32.6 Å². The number of likely N-dealkylation sites (tertiary alicyclic amines) is 1. The van der Waals surface area contributed by atoms with Crippen LogP contribution in [-0.2, 0) is 0 Å². The van der Waals surface area contributed by atoms with Crippen LogP contribution in [0.2, 0.25) is 0 Å². The Morgan fingerprint density at radius 3 is 2.60 bits per heavy atom. The minimum atomic E-state index is 0.333. The van der Waals surface area contributed by atoms with Gasteiger partial charge in [0.1, 0.15) is 0 Å². The standard InChI is InChI=1S/C12H24N2S/c1-8-5-9(2)11(4)14(6-8)7-10(3)12(13)15/h8-11H,5-7H2,1-4H3,(H2,13,15). The Labute approximate surface area is 99.2 Å². The smallest absolute Gasteiger partial charge is 0.0768 e. The number of hydrogen-bond donors (Lipinski definition) is 1. The van der Waals surface area contributed by atoms with E-state index >= 15 is 0 Å². The topological polar surface area (TPSA) is 29.3 Å². The molecule has 1 fully saturated rings. The lowest BCUT2D eigenvalue weighted by Gasteiger charge is -2.42. The molecule has 2 N–H and O–H groups in total. The van der Waals surface area contributed by atoms with Crippen LogP contribution in [0, 0.1) is 17.8 Å². The molecule has 0 aliphatic carbocycles. The van der Waals surface area contributed by atoms with E-state index in [9.17, 15) is 0 Å². The van der Waals surface area contributed by atoms with Gasteiger partial charge in [-0.3, -0.25) is 4.90 Å². The Morgan fingerprint density at radius 2 is 2.07 bits per heavy atom. The zero-order valence-electron chi connectivity index (χ0n) is 10.4. The van der Waals surface area contributed by atoms with Crippen molar-refractivity contribution in [3.63, 3.8) is 0 Å². The monoisotopic (exact) mass is 228 g/mol. The molecule has 88 valence electrons. The van der Waals surface area contributed by atoms with Crippen LogP contribution in [0.15, 0.2) is 0 Å². The van der Waals surface area contributed by atoms with Crippen LogP contribution in [0.25, 0.3) is 0 Å². The lowest BCUT2D eigenvalue weighted by atomic mass is 9.85. The summed E-state index contributed by atoms with van der Waals surface area (Å²) in [6, 6.07) is 0.665. The number of nitrogens with two attached hydrogens (primary N) is 1. The molecule has 1 aliphatic heterocycles. The minimum Gasteiger partial charge on any atom is -0.393 e. The van der Waals surface area contributed by atoms with Gasteiger partial charge >= 0.3 is 0 Å². The van der Waals surface area contributed by atoms with Gasteiger partial charge in [-0.2, -0.15) is 0 Å². The van der Waals surface area contributed by atoms with E-state index in [1.807, 2.05) is 0 Å². The van der Waals surface area contributed by atoms with E-state index in [0.717, 1.165) is 18.4 Å². The lowest BCUT2D eigenvalue weighted by molar-refractivity contribution is 0.0742. The zero-order valence-corrected chi connectivity index (χ0v) is 11.2. The molecule has 4 atom stereocenters. The highest BCUT2D eigenvalue weighted by atomic mass is 32.1. The molecule has 0 saturated carbocycles. The molecule has 1 aliphatic rings. The van der Waals surface area contributed by atoms with Crippen LogP contribution in [-0.4, -0.2) is 29.0 Å². The summed E-state index contributed by atoms with van der Waals surface area (Å²) < 4.78 is 0. The summed E-state index contributed by atoms with van der Waals surface area (Å²) in [5, 5.41) is 0. The summed E-state index contributed by atoms with van der Waals surface area (Å²) >= 11 is 5.04. The second-order valence-electron chi connectivity index (χ2n) is 5.32. The van der Waals surface area contributed by atoms with Gasteiger partial charge in [0, 0.05) is 25.0 Å². The molecule has 2 nitrogen and oxygen atoms in total. The summed E-state index contributed by atoms with van der Waals surface area (Å²) in [5.74, 6) is 1.92. The fourth-order valence-corrected chi connectivity index (χ4v) is 2.59. The van der Waals surface area contributed by atoms with Crippen molar-refractivity contribution in [1.29, 1.82) is 0 Å². The highest BCUT2D eigenvalue weighted by Crippen LogP contribution is 2.27. The van der Waals surface area contributed by atoms with E-state index < -0.39 is 0 Å². The average molecular weight is 228 g/mol. The molecule has 0 aromatic rings. The molecule has 0 aromatic carbocycles. The normalized spacial score (nSPS) is 35.1. The molecular weight excluding hydrogens is 204 g/mol. The van der Waals surface area contributed by atoms with Crippen molar-refractivity contribution < 1.29 is 0 Å². The first kappa shape index (κ1) is 12.9. The highest BCUT2D eigenvalue weighted by molar-refractivity contribution is 7.80. The van der Waals surface area contributed by atoms with Crippen LogP contribution < -0.4 is 5.73 Å². The van der Waals surface area contributed by atoms with Crippen LogP contribution in [0.3, 0.4) is 0 Å². The molecule has 4 unspecified atom stereocenters. The van der Waals surface area contributed by atoms with Gasteiger partial charge < -0.3 is 5.73 Å². The van der Waals surface area contributed by atoms with Crippen molar-refractivity contribution in [2.45, 2.75) is 40.2 Å². The van der Waals surface area contributed by atoms with Crippen molar-refractivity contribution in [1.82, 2.24) is 4.90 Å². The maximum atomic E-state index is 5.67. The van der Waals surface area contributed by atoms with Gasteiger partial charge in [-0.1, -0.05) is 33.0 Å². The molecule has 0 aromatic heterocycles. The molecule has 1 saturated heterocycles. The number of rotatable bonds is 3. The Hall–Kier alpha value is -0.150. The Bertz CT molecular complexity index is 230. The SMILES string of the molecule is CC1CC(C)C(C)N(CC(C)C(N)=S)C1. The first-order valence-corrected chi connectivity index (χ1v) is 6.36. The van der Waals surface area contributed by atoms with Gasteiger partial charge in [-0.05, 0) is 25.2 Å². The largest absolute Gasteiger partial charge is 0.393 e. The Kier molecular flexibility index (Phi) is 4.53. The molecule has 0 radical (unpaired) electrons. The molecule has 1 rings (SSSR count). The van der Waals surface area contributed by atoms with Crippen molar-refractivity contribution >= 4 is 17.2 Å². The molecule has 1 heterocycles. The Morgan fingerprint density at radius 1 is 1.47 bits per heavy atom. The number of nitrogens with zero attached hydrogens (tertiary/aromatic N) is 1. The quantitative estimate of drug-likeness (QED) is 0.751. The average Bonchev–Trinajstić information content (AvgIpc) is 2.13. The van der Waals surface area contributed by atoms with Crippen molar-refractivity contribution in [3.8, 4) is 0 Å². The summed E-state index contributed by atoms with van der Waals surface area (Å²) in [5.41, 5.74) is 5.67. The predicted molar refractivity (Wildman–Crippen MR) is 69.9 cm³/mol. The maximum Gasteiger partial charge on any atom is 0.0768 e. The van der Waals surface area contributed by atoms with E-state index in [4.69, 9.17) is 18.0 Å². The summed E-state index contributed by atoms with van der Waals surface area (Å²) in [7, 11) is 0. The van der Waals surface area contributed by atoms with Crippen molar-refractivity contribution in [2.24, 2.45) is 23.5 Å². The first-order chi connectivity index (χ1) is 6.91. The van der Waals surface area contributed by atoms with E-state index in [1.165, 1.54) is 13.0 Å². The summed E-state index contributed by atoms with van der Waals surface area (Å²) in [6.45, 7) is 11.3. The molecule has 0 amide bonds. The third kappa shape index (κ3) is 3.42. The third-order valence-electron chi connectivity index (χ3n) is 3.71. The fraction of sp³-hybridized carbons (Fsp3) is 0.917. The van der Waals surface area contributed by atoms with Crippen LogP contribution in [0.4, 0.5) is 0 Å². The highest BCUT2D eigenvalue weighted by Gasteiger charge is 2.29. The van der Waals surface area contributed by atoms with Crippen molar-refractivity contribution in [2.75, 3.05) is 13.1 Å². The van der Waals surface area contributed by atoms with Crippen LogP contribution in [0.5, 0.6) is 0 Å². The number of thiocarbonyl (C=S) groups is 1. The molecule has 0 spiro atoms. The molecule has 0 bridgehead atoms. The van der Waals surface area contributed by atoms with E-state index in [-0.39, 0.29) is 0 Å². The summed E-state index contributed by atoms with van der Waals surface area (Å²) in [4.78, 5) is 3.19. The lowest BCUT2D eigenvalue weighted by Crippen LogP contribution is -2.48. The minimum absolute atomic E-state index is 0.333. The Balaban J connectivity index is 2.55. The van der Waals surface area contributed by atoms with Crippen LogP contribution >= 0.6 is 12.2 Å². The van der Waals surface area contributed by atoms with Gasteiger partial charge in [0.15, 0.2) is 0 Å². The first-order valence-electron chi connectivity index (χ1n) is 5.95. The van der Waals surface area contributed by atoms with Gasteiger partial charge in [-0.15, -0.1) is 0 Å². The molecular formula is C12H24N2S. The third-order valence-corrected chi connectivity index (χ3v) is 4.12. The molecule has 3 heteroatoms. The molecule has 15 heavy (non-hydrogen) atoms. The fourth-order valence-electron chi connectivity index (χ4n) is 2.52. The second kappa shape index (κ2) is 5.26. The van der Waals surface area contributed by atoms with Gasteiger partial charge in [0.25, 0.3) is 0 Å². The van der Waals surface area contributed by atoms with Crippen LogP contribution in [0.1, 0.15) is 34.1 Å². The van der Waals surface area contributed by atoms with E-state index in [1.54, 1.807) is 0 Å². The number of piperidine rings is 1. The predicted octanol–water partition coefficient (Wildman–Crippen LogP) is 2.28. The van der Waals surface area contributed by atoms with Gasteiger partial charge in [-0.25, -0.2) is 0 Å². The van der Waals surface area contributed by atoms with Gasteiger partial charge in [0.05, 0.1) is 4.99 Å². The second-order valence-corrected chi connectivity index (χ2v) is 5.79. The maximum absolute atomic E-state index is 5.67. The van der Waals surface area contributed by atoms with E-state index in [0.29, 0.717) is 16.9 Å². The number of hydrogen-bond acceptors (Lipinski definition) is 2. The van der Waals surface area contributed by atoms with Crippen molar-refractivity contribution in [3.05, 3.63) is 0 Å². The summed E-state index contributed by atoms with van der Waals surface area (Å²) in [6.07, 6.45) is 1.35. The van der Waals surface area contributed by atoms with Gasteiger partial charge in [0.2, 0.25) is 0 Å². The zero-order chi connectivity index (χ0) is 11.6.